The van der Waals surface area contributed by atoms with E-state index in [0.29, 0.717) is 12.6 Å². The molecule has 0 amide bonds. The monoisotopic (exact) mass is 278 g/mol. The summed E-state index contributed by atoms with van der Waals surface area (Å²) >= 11 is 0. The molecule has 2 N–H and O–H groups in total. The number of hydrogen-bond acceptors (Lipinski definition) is 2. The van der Waals surface area contributed by atoms with Crippen LogP contribution >= 0.6 is 0 Å². The van der Waals surface area contributed by atoms with Crippen LogP contribution in [0, 0.1) is 13.8 Å². The third-order valence-electron chi connectivity index (χ3n) is 4.35. The van der Waals surface area contributed by atoms with E-state index in [2.05, 4.69) is 26.0 Å². The van der Waals surface area contributed by atoms with Crippen molar-refractivity contribution in [2.75, 3.05) is 19.7 Å². The molecule has 112 valence electrons. The Hall–Kier alpha value is -1.06. The number of quaternary nitrogens is 1. The molecule has 3 atom stereocenters. The lowest BCUT2D eigenvalue weighted by Crippen LogP contribution is -3.17. The summed E-state index contributed by atoms with van der Waals surface area (Å²) in [5.41, 5.74) is 2.32. The summed E-state index contributed by atoms with van der Waals surface area (Å²) in [5, 5.41) is 10.2. The first kappa shape index (κ1) is 15.3. The molecule has 1 saturated heterocycles. The quantitative estimate of drug-likeness (QED) is 0.856. The number of benzene rings is 1. The van der Waals surface area contributed by atoms with Crippen LogP contribution in [0.15, 0.2) is 18.2 Å². The smallest absolute Gasteiger partial charge is 0.137 e. The van der Waals surface area contributed by atoms with E-state index in [9.17, 15) is 5.11 Å². The average molecular weight is 278 g/mol. The minimum atomic E-state index is -0.384. The lowest BCUT2D eigenvalue weighted by atomic mass is 10.0. The summed E-state index contributed by atoms with van der Waals surface area (Å²) in [7, 11) is 0. The predicted octanol–water partition coefficient (Wildman–Crippen LogP) is 1.50. The first-order valence-corrected chi connectivity index (χ1v) is 7.79. The maximum absolute atomic E-state index is 10.2. The highest BCUT2D eigenvalue weighted by Crippen LogP contribution is 2.19. The zero-order chi connectivity index (χ0) is 14.5. The molecule has 0 aromatic heterocycles. The van der Waals surface area contributed by atoms with Gasteiger partial charge in [-0.2, -0.15) is 0 Å². The first-order chi connectivity index (χ1) is 9.56. The van der Waals surface area contributed by atoms with Gasteiger partial charge in [-0.15, -0.1) is 0 Å². The van der Waals surface area contributed by atoms with Crippen LogP contribution in [0.1, 0.15) is 37.3 Å². The molecule has 0 spiro atoms. The van der Waals surface area contributed by atoms with Gasteiger partial charge < -0.3 is 14.7 Å². The van der Waals surface area contributed by atoms with Gasteiger partial charge in [0.25, 0.3) is 0 Å². The number of aliphatic hydroxyl groups excluding tert-OH is 1. The third-order valence-corrected chi connectivity index (χ3v) is 4.35. The van der Waals surface area contributed by atoms with Gasteiger partial charge in [0, 0.05) is 0 Å². The van der Waals surface area contributed by atoms with E-state index in [1.807, 2.05) is 13.0 Å². The Kier molecular flexibility index (Phi) is 5.44. The molecule has 1 aliphatic rings. The molecular weight excluding hydrogens is 250 g/mol. The summed E-state index contributed by atoms with van der Waals surface area (Å²) in [6, 6.07) is 6.85. The van der Waals surface area contributed by atoms with E-state index < -0.39 is 0 Å². The fourth-order valence-corrected chi connectivity index (χ4v) is 2.97. The van der Waals surface area contributed by atoms with Crippen LogP contribution in [-0.4, -0.2) is 36.9 Å². The van der Waals surface area contributed by atoms with Crippen LogP contribution in [0.4, 0.5) is 0 Å². The Balaban J connectivity index is 1.82. The second-order valence-electron chi connectivity index (χ2n) is 6.24. The normalized spacial score (nSPS) is 24.4. The van der Waals surface area contributed by atoms with Crippen molar-refractivity contribution in [2.45, 2.75) is 52.2 Å². The van der Waals surface area contributed by atoms with Gasteiger partial charge in [-0.05, 0) is 57.2 Å². The van der Waals surface area contributed by atoms with Gasteiger partial charge >= 0.3 is 0 Å². The second kappa shape index (κ2) is 7.09. The predicted molar refractivity (Wildman–Crippen MR) is 81.4 cm³/mol. The molecule has 2 rings (SSSR count). The minimum absolute atomic E-state index is 0.384. The van der Waals surface area contributed by atoms with E-state index in [-0.39, 0.29) is 6.10 Å². The van der Waals surface area contributed by atoms with Crippen LogP contribution in [0.3, 0.4) is 0 Å². The van der Waals surface area contributed by atoms with Gasteiger partial charge in [0.2, 0.25) is 0 Å². The highest BCUT2D eigenvalue weighted by atomic mass is 16.5. The van der Waals surface area contributed by atoms with Crippen molar-refractivity contribution in [1.29, 1.82) is 0 Å². The highest BCUT2D eigenvalue weighted by Gasteiger charge is 2.24. The van der Waals surface area contributed by atoms with Gasteiger partial charge in [0.05, 0.1) is 12.6 Å². The standard InChI is InChI=1S/C17H27NO2/c1-13-7-8-14(2)17(10-13)20-12-16(19)11-18-9-5-4-6-15(18)3/h7-8,10,15-16,19H,4-6,9,11-12H2,1-3H3/p+1/t15-,16-/m0/s1. The number of piperidine rings is 1. The molecule has 3 nitrogen and oxygen atoms in total. The van der Waals surface area contributed by atoms with Crippen LogP contribution in [0.5, 0.6) is 5.75 Å². The van der Waals surface area contributed by atoms with E-state index >= 15 is 0 Å². The van der Waals surface area contributed by atoms with Gasteiger partial charge in [-0.3, -0.25) is 0 Å². The van der Waals surface area contributed by atoms with Crippen molar-refractivity contribution in [2.24, 2.45) is 0 Å². The Morgan fingerprint density at radius 2 is 2.15 bits per heavy atom. The Labute approximate surface area is 122 Å². The Bertz CT molecular complexity index is 433. The molecule has 0 bridgehead atoms. The average Bonchev–Trinajstić information content (AvgIpc) is 2.42. The Morgan fingerprint density at radius 1 is 1.35 bits per heavy atom. The molecule has 1 aliphatic heterocycles. The van der Waals surface area contributed by atoms with Crippen LogP contribution < -0.4 is 9.64 Å². The summed E-state index contributed by atoms with van der Waals surface area (Å²) in [6.45, 7) is 8.75. The largest absolute Gasteiger partial charge is 0.490 e. The van der Waals surface area contributed by atoms with Crippen molar-refractivity contribution < 1.29 is 14.7 Å². The van der Waals surface area contributed by atoms with Gasteiger partial charge in [0.1, 0.15) is 25.0 Å². The molecular formula is C17H28NO2+. The van der Waals surface area contributed by atoms with Crippen molar-refractivity contribution >= 4 is 0 Å². The topological polar surface area (TPSA) is 33.9 Å². The second-order valence-corrected chi connectivity index (χ2v) is 6.24. The van der Waals surface area contributed by atoms with E-state index in [0.717, 1.165) is 17.9 Å². The number of nitrogens with one attached hydrogen (secondary N) is 1. The molecule has 0 aliphatic carbocycles. The van der Waals surface area contributed by atoms with Crippen LogP contribution in [-0.2, 0) is 0 Å². The number of rotatable bonds is 5. The number of ether oxygens (including phenoxy) is 1. The maximum Gasteiger partial charge on any atom is 0.137 e. The van der Waals surface area contributed by atoms with Crippen molar-refractivity contribution in [3.05, 3.63) is 29.3 Å². The van der Waals surface area contributed by atoms with Gasteiger partial charge in [0.15, 0.2) is 0 Å². The molecule has 3 heteroatoms. The van der Waals surface area contributed by atoms with Crippen molar-refractivity contribution in [1.82, 2.24) is 0 Å². The fourth-order valence-electron chi connectivity index (χ4n) is 2.97. The third kappa shape index (κ3) is 4.22. The molecule has 20 heavy (non-hydrogen) atoms. The van der Waals surface area contributed by atoms with E-state index in [1.54, 1.807) is 0 Å². The summed E-state index contributed by atoms with van der Waals surface area (Å²) < 4.78 is 5.79. The molecule has 0 radical (unpaired) electrons. The van der Waals surface area contributed by atoms with E-state index in [1.165, 1.54) is 36.3 Å². The van der Waals surface area contributed by atoms with E-state index in [4.69, 9.17) is 4.74 Å². The summed E-state index contributed by atoms with van der Waals surface area (Å²) in [5.74, 6) is 0.894. The number of hydrogen-bond donors (Lipinski definition) is 2. The lowest BCUT2D eigenvalue weighted by Gasteiger charge is -2.31. The lowest BCUT2D eigenvalue weighted by molar-refractivity contribution is -0.931. The minimum Gasteiger partial charge on any atom is -0.490 e. The zero-order valence-electron chi connectivity index (χ0n) is 13.0. The Morgan fingerprint density at radius 3 is 2.90 bits per heavy atom. The molecule has 0 saturated carbocycles. The number of aryl methyl sites for hydroxylation is 2. The van der Waals surface area contributed by atoms with Crippen LogP contribution in [0.2, 0.25) is 0 Å². The number of likely N-dealkylation sites (tertiary alicyclic amines) is 1. The zero-order valence-corrected chi connectivity index (χ0v) is 13.0. The maximum atomic E-state index is 10.2. The van der Waals surface area contributed by atoms with Crippen molar-refractivity contribution in [3.63, 3.8) is 0 Å². The SMILES string of the molecule is Cc1ccc(C)c(OC[C@@H](O)C[NH+]2CCCC[C@@H]2C)c1. The fraction of sp³-hybridized carbons (Fsp3) is 0.647. The first-order valence-electron chi connectivity index (χ1n) is 7.79. The highest BCUT2D eigenvalue weighted by molar-refractivity contribution is 5.35. The summed E-state index contributed by atoms with van der Waals surface area (Å²) in [4.78, 5) is 1.52. The molecule has 1 aromatic rings. The molecule has 1 fully saturated rings. The molecule has 1 unspecified atom stereocenters. The van der Waals surface area contributed by atoms with Crippen molar-refractivity contribution in [3.8, 4) is 5.75 Å². The molecule has 1 heterocycles. The van der Waals surface area contributed by atoms with Crippen LogP contribution in [0.25, 0.3) is 0 Å². The van der Waals surface area contributed by atoms with Gasteiger partial charge in [-0.1, -0.05) is 12.1 Å². The molecule has 1 aromatic carbocycles. The van der Waals surface area contributed by atoms with Gasteiger partial charge in [-0.25, -0.2) is 0 Å². The number of aliphatic hydroxyl groups is 1. The summed E-state index contributed by atoms with van der Waals surface area (Å²) in [6.07, 6.45) is 3.51.